The van der Waals surface area contributed by atoms with Crippen LogP contribution in [0.2, 0.25) is 15.1 Å². The fourth-order valence-electron chi connectivity index (χ4n) is 3.29. The summed E-state index contributed by atoms with van der Waals surface area (Å²) in [5.41, 5.74) is 0.155. The molecule has 0 bridgehead atoms. The largest absolute Gasteiger partial charge is 0.493 e. The van der Waals surface area contributed by atoms with Crippen molar-refractivity contribution in [2.75, 3.05) is 5.43 Å². The summed E-state index contributed by atoms with van der Waals surface area (Å²) < 4.78 is 97.5. The molecule has 3 rings (SSSR count). The number of carbonyl (C=O) groups is 1. The summed E-state index contributed by atoms with van der Waals surface area (Å²) >= 11 is 17.3. The lowest BCUT2D eigenvalue weighted by molar-refractivity contribution is -0.140. The fraction of sp³-hybridized carbons (Fsp3) is 0.174. The van der Waals surface area contributed by atoms with E-state index in [0.717, 1.165) is 12.1 Å². The number of aryl methyl sites for hydroxylation is 1. The second-order valence-electron chi connectivity index (χ2n) is 7.86. The fourth-order valence-corrected chi connectivity index (χ4v) is 3.90. The number of rotatable bonds is 6. The van der Waals surface area contributed by atoms with Gasteiger partial charge in [0, 0.05) is 17.3 Å². The molecule has 1 aromatic heterocycles. The van der Waals surface area contributed by atoms with Crippen LogP contribution in [0.15, 0.2) is 42.5 Å². The van der Waals surface area contributed by atoms with E-state index in [4.69, 9.17) is 34.8 Å². The van der Waals surface area contributed by atoms with Crippen LogP contribution in [-0.2, 0) is 6.18 Å². The monoisotopic (exact) mass is 616 g/mol. The summed E-state index contributed by atoms with van der Waals surface area (Å²) in [7, 11) is 0. The van der Waals surface area contributed by atoms with Crippen LogP contribution in [0.1, 0.15) is 38.7 Å². The molecule has 39 heavy (non-hydrogen) atoms. The summed E-state index contributed by atoms with van der Waals surface area (Å²) in [4.78, 5) is 19.8. The average molecular weight is 618 g/mol. The van der Waals surface area contributed by atoms with E-state index in [-0.39, 0.29) is 38.9 Å². The molecule has 3 aromatic rings. The van der Waals surface area contributed by atoms with E-state index >= 15 is 0 Å². The lowest BCUT2D eigenvalue weighted by Gasteiger charge is -2.19. The molecule has 0 aliphatic carbocycles. The van der Waals surface area contributed by atoms with Crippen molar-refractivity contribution in [3.8, 4) is 5.88 Å². The Morgan fingerprint density at radius 1 is 1.00 bits per heavy atom. The van der Waals surface area contributed by atoms with Crippen LogP contribution in [-0.4, -0.2) is 27.2 Å². The van der Waals surface area contributed by atoms with Gasteiger partial charge in [0.2, 0.25) is 11.8 Å². The summed E-state index contributed by atoms with van der Waals surface area (Å²) in [5, 5.41) is 8.51. The molecular formula is C23H14Cl3F7N4O2. The number of carbonyl (C=O) groups excluding carboxylic acids is 1. The van der Waals surface area contributed by atoms with Crippen molar-refractivity contribution in [3.05, 3.63) is 85.5 Å². The van der Waals surface area contributed by atoms with E-state index < -0.39 is 58.1 Å². The Hall–Kier alpha value is -3.29. The molecule has 0 aliphatic rings. The molecule has 6 nitrogen and oxygen atoms in total. The third-order valence-electron chi connectivity index (χ3n) is 5.00. The maximum Gasteiger partial charge on any atom is 0.417 e. The summed E-state index contributed by atoms with van der Waals surface area (Å²) in [6.45, 7) is 1.47. The molecule has 0 saturated carbocycles. The van der Waals surface area contributed by atoms with Crippen molar-refractivity contribution >= 4 is 52.5 Å². The lowest BCUT2D eigenvalue weighted by atomic mass is 9.95. The van der Waals surface area contributed by atoms with Crippen LogP contribution in [0.5, 0.6) is 5.88 Å². The molecule has 208 valence electrons. The predicted octanol–water partition coefficient (Wildman–Crippen LogP) is 7.88. The Bertz CT molecular complexity index is 1400. The Labute approximate surface area is 230 Å². The van der Waals surface area contributed by atoms with Crippen LogP contribution in [0.25, 0.3) is 5.83 Å². The Morgan fingerprint density at radius 3 is 2.15 bits per heavy atom. The van der Waals surface area contributed by atoms with Crippen LogP contribution in [0, 0.1) is 6.92 Å². The standard InChI is InChI=1S/C23H14Cl3F7N4O2/c1-9-4-18(38)35-21(34-9)37-36-20(39)12-3-2-10(5-14(12)23(31,32)33)17(27)8-13(22(28,29)30)11-6-15(24)19(26)16(25)7-11/h2-8,13H,1H3,(H,36,39)(H2,34,35,37,38). The van der Waals surface area contributed by atoms with E-state index in [0.29, 0.717) is 12.1 Å². The Balaban J connectivity index is 1.98. The van der Waals surface area contributed by atoms with Crippen LogP contribution in [0.4, 0.5) is 36.7 Å². The minimum atomic E-state index is -5.21. The highest BCUT2D eigenvalue weighted by Gasteiger charge is 2.41. The second-order valence-corrected chi connectivity index (χ2v) is 9.05. The minimum Gasteiger partial charge on any atom is -0.493 e. The number of aromatic hydroxyl groups is 1. The number of nitrogens with one attached hydrogen (secondary N) is 2. The van der Waals surface area contributed by atoms with E-state index in [9.17, 15) is 40.6 Å². The maximum absolute atomic E-state index is 15.0. The molecule has 2 aromatic carbocycles. The molecule has 3 N–H and O–H groups in total. The van der Waals surface area contributed by atoms with E-state index in [1.165, 1.54) is 13.0 Å². The smallest absolute Gasteiger partial charge is 0.417 e. The molecule has 0 aliphatic heterocycles. The third kappa shape index (κ3) is 7.43. The van der Waals surface area contributed by atoms with Gasteiger partial charge in [0.05, 0.1) is 26.2 Å². The zero-order valence-corrected chi connectivity index (χ0v) is 21.4. The molecule has 0 fully saturated rings. The predicted molar refractivity (Wildman–Crippen MR) is 130 cm³/mol. The summed E-state index contributed by atoms with van der Waals surface area (Å²) in [6.07, 6.45) is -10.3. The highest BCUT2D eigenvalue weighted by Crippen LogP contribution is 2.42. The molecule has 1 unspecified atom stereocenters. The van der Waals surface area contributed by atoms with Crippen LogP contribution >= 0.6 is 34.8 Å². The van der Waals surface area contributed by atoms with Gasteiger partial charge < -0.3 is 5.11 Å². The second kappa shape index (κ2) is 11.4. The SMILES string of the molecule is Cc1cc(O)nc(NNC(=O)c2ccc(C(F)=CC(c3cc(Cl)c(Cl)c(Cl)c3)C(F)(F)F)cc2C(F)(F)F)n1. The number of halogens is 10. The van der Waals surface area contributed by atoms with Crippen molar-refractivity contribution in [1.82, 2.24) is 15.4 Å². The number of allylic oxidation sites excluding steroid dienone is 1. The average Bonchev–Trinajstić information content (AvgIpc) is 2.81. The van der Waals surface area contributed by atoms with Gasteiger partial charge in [0.15, 0.2) is 0 Å². The Kier molecular flexibility index (Phi) is 8.88. The molecular weight excluding hydrogens is 604 g/mol. The van der Waals surface area contributed by atoms with Gasteiger partial charge in [0.25, 0.3) is 5.91 Å². The number of benzene rings is 2. The normalized spacial score (nSPS) is 13.3. The molecule has 0 spiro atoms. The zero-order chi connectivity index (χ0) is 29.3. The first kappa shape index (κ1) is 30.3. The number of amides is 1. The van der Waals surface area contributed by atoms with E-state index in [2.05, 4.69) is 15.4 Å². The van der Waals surface area contributed by atoms with Crippen molar-refractivity contribution in [1.29, 1.82) is 0 Å². The van der Waals surface area contributed by atoms with Gasteiger partial charge in [-0.15, -0.1) is 0 Å². The first-order chi connectivity index (χ1) is 18.0. The van der Waals surface area contributed by atoms with Gasteiger partial charge in [-0.2, -0.15) is 31.3 Å². The molecule has 0 saturated heterocycles. The number of hydrazine groups is 1. The molecule has 16 heteroatoms. The van der Waals surface area contributed by atoms with Crippen molar-refractivity contribution in [2.24, 2.45) is 0 Å². The van der Waals surface area contributed by atoms with E-state index in [1.807, 2.05) is 5.43 Å². The third-order valence-corrected chi connectivity index (χ3v) is 6.20. The highest BCUT2D eigenvalue weighted by molar-refractivity contribution is 6.48. The topological polar surface area (TPSA) is 87.1 Å². The van der Waals surface area contributed by atoms with Crippen LogP contribution < -0.4 is 10.9 Å². The van der Waals surface area contributed by atoms with Crippen molar-refractivity contribution in [2.45, 2.75) is 25.2 Å². The molecule has 1 atom stereocenters. The number of hydrogen-bond acceptors (Lipinski definition) is 5. The summed E-state index contributed by atoms with van der Waals surface area (Å²) in [6, 6.07) is 4.24. The highest BCUT2D eigenvalue weighted by atomic mass is 35.5. The minimum absolute atomic E-state index is 0.0498. The van der Waals surface area contributed by atoms with Gasteiger partial charge in [-0.1, -0.05) is 40.9 Å². The molecule has 0 radical (unpaired) electrons. The number of nitrogens with zero attached hydrogens (tertiary/aromatic N) is 2. The van der Waals surface area contributed by atoms with Gasteiger partial charge in [-0.05, 0) is 42.8 Å². The van der Waals surface area contributed by atoms with Crippen molar-refractivity contribution < 1.29 is 40.6 Å². The van der Waals surface area contributed by atoms with Crippen LogP contribution in [0.3, 0.4) is 0 Å². The van der Waals surface area contributed by atoms with Gasteiger partial charge in [-0.3, -0.25) is 15.6 Å². The number of anilines is 1. The number of hydrogen-bond donors (Lipinski definition) is 3. The lowest BCUT2D eigenvalue weighted by Crippen LogP contribution is -2.32. The maximum atomic E-state index is 15.0. The zero-order valence-electron chi connectivity index (χ0n) is 19.1. The first-order valence-corrected chi connectivity index (χ1v) is 11.5. The van der Waals surface area contributed by atoms with Gasteiger partial charge in [-0.25, -0.2) is 9.37 Å². The van der Waals surface area contributed by atoms with E-state index in [1.54, 1.807) is 0 Å². The Morgan fingerprint density at radius 2 is 1.62 bits per heavy atom. The molecule has 1 heterocycles. The quantitative estimate of drug-likeness (QED) is 0.149. The van der Waals surface area contributed by atoms with Gasteiger partial charge in [0.1, 0.15) is 11.7 Å². The van der Waals surface area contributed by atoms with Crippen molar-refractivity contribution in [3.63, 3.8) is 0 Å². The first-order valence-electron chi connectivity index (χ1n) is 10.4. The number of aromatic nitrogens is 2. The van der Waals surface area contributed by atoms with Gasteiger partial charge >= 0.3 is 12.4 Å². The molecule has 1 amide bonds. The number of alkyl halides is 6. The summed E-state index contributed by atoms with van der Waals surface area (Å²) in [5.74, 6) is -6.51.